The maximum absolute atomic E-state index is 12.2. The number of nitrogens with zero attached hydrogens (tertiary/aromatic N) is 2. The Balaban J connectivity index is 2.43. The molecule has 5 heteroatoms. The second-order valence-corrected chi connectivity index (χ2v) is 5.79. The fourth-order valence-electron chi connectivity index (χ4n) is 2.34. The van der Waals surface area contributed by atoms with E-state index < -0.39 is 0 Å². The predicted octanol–water partition coefficient (Wildman–Crippen LogP) is 0.687. The quantitative estimate of drug-likeness (QED) is 0.771. The van der Waals surface area contributed by atoms with Gasteiger partial charge in [-0.2, -0.15) is 0 Å². The first-order chi connectivity index (χ1) is 8.86. The molecule has 1 rings (SSSR count). The standard InChI is InChI=1S/C14H27N3O2/c1-5-17-9-11(8-13(17)18)14(19)16(4)7-6-12(15)10(2)3/h10-12H,5-9,15H2,1-4H3. The number of carbonyl (C=O) groups is 2. The Kier molecular flexibility index (Phi) is 5.79. The van der Waals surface area contributed by atoms with E-state index in [0.29, 0.717) is 32.0 Å². The van der Waals surface area contributed by atoms with E-state index in [4.69, 9.17) is 5.73 Å². The predicted molar refractivity (Wildman–Crippen MR) is 75.4 cm³/mol. The molecular formula is C14H27N3O2. The van der Waals surface area contributed by atoms with Gasteiger partial charge in [-0.1, -0.05) is 13.8 Å². The van der Waals surface area contributed by atoms with E-state index in [1.807, 2.05) is 6.92 Å². The highest BCUT2D eigenvalue weighted by Gasteiger charge is 2.34. The minimum Gasteiger partial charge on any atom is -0.345 e. The molecule has 110 valence electrons. The van der Waals surface area contributed by atoms with Gasteiger partial charge in [0.25, 0.3) is 0 Å². The summed E-state index contributed by atoms with van der Waals surface area (Å²) in [5, 5.41) is 0. The topological polar surface area (TPSA) is 66.6 Å². The second kappa shape index (κ2) is 6.89. The monoisotopic (exact) mass is 269 g/mol. The van der Waals surface area contributed by atoms with Crippen LogP contribution in [-0.4, -0.2) is 54.3 Å². The van der Waals surface area contributed by atoms with Crippen molar-refractivity contribution >= 4 is 11.8 Å². The van der Waals surface area contributed by atoms with Gasteiger partial charge in [-0.05, 0) is 19.3 Å². The van der Waals surface area contributed by atoms with Gasteiger partial charge in [0.2, 0.25) is 11.8 Å². The summed E-state index contributed by atoms with van der Waals surface area (Å²) in [6.45, 7) is 8.02. The Morgan fingerprint density at radius 1 is 1.53 bits per heavy atom. The average Bonchev–Trinajstić information content (AvgIpc) is 2.75. The van der Waals surface area contributed by atoms with Crippen molar-refractivity contribution in [1.29, 1.82) is 0 Å². The van der Waals surface area contributed by atoms with Gasteiger partial charge >= 0.3 is 0 Å². The van der Waals surface area contributed by atoms with Crippen LogP contribution in [0.4, 0.5) is 0 Å². The highest BCUT2D eigenvalue weighted by Crippen LogP contribution is 2.19. The first-order valence-electron chi connectivity index (χ1n) is 7.15. The lowest BCUT2D eigenvalue weighted by atomic mass is 10.0. The second-order valence-electron chi connectivity index (χ2n) is 5.79. The number of nitrogens with two attached hydrogens (primary N) is 1. The van der Waals surface area contributed by atoms with Gasteiger partial charge in [-0.15, -0.1) is 0 Å². The fraction of sp³-hybridized carbons (Fsp3) is 0.857. The van der Waals surface area contributed by atoms with Crippen molar-refractivity contribution in [1.82, 2.24) is 9.80 Å². The molecule has 1 heterocycles. The molecule has 0 spiro atoms. The number of hydrogen-bond donors (Lipinski definition) is 1. The molecule has 19 heavy (non-hydrogen) atoms. The van der Waals surface area contributed by atoms with E-state index in [1.165, 1.54) is 0 Å². The molecule has 1 saturated heterocycles. The van der Waals surface area contributed by atoms with E-state index in [9.17, 15) is 9.59 Å². The van der Waals surface area contributed by atoms with Crippen LogP contribution in [0.2, 0.25) is 0 Å². The summed E-state index contributed by atoms with van der Waals surface area (Å²) in [5.41, 5.74) is 5.98. The van der Waals surface area contributed by atoms with Crippen LogP contribution in [0.1, 0.15) is 33.6 Å². The van der Waals surface area contributed by atoms with Crippen molar-refractivity contribution in [3.8, 4) is 0 Å². The number of carbonyl (C=O) groups excluding carboxylic acids is 2. The number of hydrogen-bond acceptors (Lipinski definition) is 3. The Labute approximate surface area is 116 Å². The van der Waals surface area contributed by atoms with Crippen molar-refractivity contribution in [3.05, 3.63) is 0 Å². The van der Waals surface area contributed by atoms with Gasteiger partial charge < -0.3 is 15.5 Å². The van der Waals surface area contributed by atoms with Gasteiger partial charge in [-0.25, -0.2) is 0 Å². The first-order valence-corrected chi connectivity index (χ1v) is 7.15. The molecule has 5 nitrogen and oxygen atoms in total. The van der Waals surface area contributed by atoms with Gasteiger partial charge in [0, 0.05) is 39.1 Å². The van der Waals surface area contributed by atoms with Crippen LogP contribution in [-0.2, 0) is 9.59 Å². The number of amides is 2. The van der Waals surface area contributed by atoms with Crippen LogP contribution in [0.5, 0.6) is 0 Å². The molecule has 2 N–H and O–H groups in total. The third-order valence-corrected chi connectivity index (χ3v) is 3.98. The Morgan fingerprint density at radius 2 is 2.16 bits per heavy atom. The minimum atomic E-state index is -0.173. The van der Waals surface area contributed by atoms with Crippen molar-refractivity contribution in [2.75, 3.05) is 26.7 Å². The maximum atomic E-state index is 12.2. The molecule has 0 aliphatic carbocycles. The average molecular weight is 269 g/mol. The first kappa shape index (κ1) is 16.0. The molecule has 1 aliphatic heterocycles. The summed E-state index contributed by atoms with van der Waals surface area (Å²) < 4.78 is 0. The lowest BCUT2D eigenvalue weighted by Crippen LogP contribution is -2.38. The van der Waals surface area contributed by atoms with Crippen LogP contribution in [0.25, 0.3) is 0 Å². The van der Waals surface area contributed by atoms with E-state index >= 15 is 0 Å². The van der Waals surface area contributed by atoms with E-state index in [1.54, 1.807) is 16.8 Å². The summed E-state index contributed by atoms with van der Waals surface area (Å²) in [7, 11) is 1.80. The van der Waals surface area contributed by atoms with Gasteiger partial charge in [0.1, 0.15) is 0 Å². The summed E-state index contributed by atoms with van der Waals surface area (Å²) in [4.78, 5) is 27.3. The van der Waals surface area contributed by atoms with Gasteiger partial charge in [0.15, 0.2) is 0 Å². The molecule has 2 unspecified atom stereocenters. The highest BCUT2D eigenvalue weighted by molar-refractivity contribution is 5.89. The zero-order valence-corrected chi connectivity index (χ0v) is 12.6. The third kappa shape index (κ3) is 4.20. The fourth-order valence-corrected chi connectivity index (χ4v) is 2.34. The molecule has 0 saturated carbocycles. The summed E-state index contributed by atoms with van der Waals surface area (Å²) >= 11 is 0. The SMILES string of the molecule is CCN1CC(C(=O)N(C)CCC(N)C(C)C)CC1=O. The molecular weight excluding hydrogens is 242 g/mol. The summed E-state index contributed by atoms with van der Waals surface area (Å²) in [5.74, 6) is 0.410. The van der Waals surface area contributed by atoms with Crippen molar-refractivity contribution in [2.24, 2.45) is 17.6 Å². The Bertz CT molecular complexity index is 331. The Hall–Kier alpha value is -1.10. The van der Waals surface area contributed by atoms with Crippen molar-refractivity contribution in [2.45, 2.75) is 39.7 Å². The molecule has 0 aromatic heterocycles. The largest absolute Gasteiger partial charge is 0.345 e. The molecule has 0 aromatic carbocycles. The normalized spacial score (nSPS) is 21.1. The van der Waals surface area contributed by atoms with Crippen LogP contribution in [0, 0.1) is 11.8 Å². The summed E-state index contributed by atoms with van der Waals surface area (Å²) in [6, 6.07) is 0.118. The lowest BCUT2D eigenvalue weighted by molar-refractivity contribution is -0.134. The van der Waals surface area contributed by atoms with Crippen LogP contribution >= 0.6 is 0 Å². The van der Waals surface area contributed by atoms with E-state index in [-0.39, 0.29) is 23.8 Å². The third-order valence-electron chi connectivity index (χ3n) is 3.98. The van der Waals surface area contributed by atoms with Crippen LogP contribution in [0.3, 0.4) is 0 Å². The van der Waals surface area contributed by atoms with Gasteiger partial charge in [0.05, 0.1) is 5.92 Å². The molecule has 0 aromatic rings. The highest BCUT2D eigenvalue weighted by atomic mass is 16.2. The van der Waals surface area contributed by atoms with E-state index in [2.05, 4.69) is 13.8 Å². The van der Waals surface area contributed by atoms with Gasteiger partial charge in [-0.3, -0.25) is 9.59 Å². The molecule has 0 bridgehead atoms. The smallest absolute Gasteiger partial charge is 0.227 e. The Morgan fingerprint density at radius 3 is 2.63 bits per heavy atom. The molecule has 2 atom stereocenters. The maximum Gasteiger partial charge on any atom is 0.227 e. The van der Waals surface area contributed by atoms with Crippen molar-refractivity contribution in [3.63, 3.8) is 0 Å². The molecule has 2 amide bonds. The summed E-state index contributed by atoms with van der Waals surface area (Å²) in [6.07, 6.45) is 1.16. The minimum absolute atomic E-state index is 0.0697. The number of rotatable bonds is 6. The zero-order chi connectivity index (χ0) is 14.6. The zero-order valence-electron chi connectivity index (χ0n) is 12.6. The van der Waals surface area contributed by atoms with E-state index in [0.717, 1.165) is 6.42 Å². The molecule has 0 radical (unpaired) electrons. The van der Waals surface area contributed by atoms with Crippen LogP contribution < -0.4 is 5.73 Å². The lowest BCUT2D eigenvalue weighted by Gasteiger charge is -2.24. The van der Waals surface area contributed by atoms with Crippen LogP contribution in [0.15, 0.2) is 0 Å². The number of likely N-dealkylation sites (tertiary alicyclic amines) is 1. The van der Waals surface area contributed by atoms with Crippen molar-refractivity contribution < 1.29 is 9.59 Å². The molecule has 1 aliphatic rings. The molecule has 1 fully saturated rings.